The predicted octanol–water partition coefficient (Wildman–Crippen LogP) is 5.45. The van der Waals surface area contributed by atoms with Crippen molar-refractivity contribution in [2.24, 2.45) is 0 Å². The molecule has 0 saturated carbocycles. The molecule has 1 aliphatic rings. The molecule has 168 valence electrons. The SMILES string of the molecule is CCOC(=O)COc1ccc2c(c1)CCN(Cc1ccc(-c3ccc(Cl)cc3C)o1)CC2. The number of nitrogens with zero attached hydrogens (tertiary/aromatic N) is 1. The third-order valence-corrected chi connectivity index (χ3v) is 5.96. The van der Waals surface area contributed by atoms with Crippen molar-refractivity contribution in [3.63, 3.8) is 0 Å². The van der Waals surface area contributed by atoms with E-state index in [0.29, 0.717) is 12.4 Å². The monoisotopic (exact) mass is 453 g/mol. The minimum absolute atomic E-state index is 0.0628. The second kappa shape index (κ2) is 10.2. The van der Waals surface area contributed by atoms with Crippen molar-refractivity contribution in [1.82, 2.24) is 4.90 Å². The van der Waals surface area contributed by atoms with E-state index in [9.17, 15) is 4.79 Å². The fourth-order valence-electron chi connectivity index (χ4n) is 4.07. The highest BCUT2D eigenvalue weighted by Gasteiger charge is 2.17. The average Bonchev–Trinajstić information content (AvgIpc) is 3.13. The molecule has 1 aliphatic heterocycles. The van der Waals surface area contributed by atoms with Gasteiger partial charge in [-0.05, 0) is 85.8 Å². The van der Waals surface area contributed by atoms with Crippen LogP contribution >= 0.6 is 11.6 Å². The van der Waals surface area contributed by atoms with E-state index in [1.165, 1.54) is 11.1 Å². The molecule has 2 aromatic carbocycles. The van der Waals surface area contributed by atoms with Crippen molar-refractivity contribution in [2.75, 3.05) is 26.3 Å². The lowest BCUT2D eigenvalue weighted by Crippen LogP contribution is -2.25. The molecule has 6 heteroatoms. The van der Waals surface area contributed by atoms with Gasteiger partial charge < -0.3 is 13.9 Å². The number of carbonyl (C=O) groups is 1. The number of fused-ring (bicyclic) bond motifs is 1. The van der Waals surface area contributed by atoms with E-state index < -0.39 is 0 Å². The van der Waals surface area contributed by atoms with Crippen LogP contribution in [0.2, 0.25) is 5.02 Å². The largest absolute Gasteiger partial charge is 0.482 e. The van der Waals surface area contributed by atoms with Gasteiger partial charge in [-0.15, -0.1) is 0 Å². The molecule has 0 aliphatic carbocycles. The molecule has 0 spiro atoms. The first-order chi connectivity index (χ1) is 15.5. The zero-order valence-electron chi connectivity index (χ0n) is 18.5. The van der Waals surface area contributed by atoms with Crippen LogP contribution < -0.4 is 4.74 Å². The number of hydrogen-bond donors (Lipinski definition) is 0. The van der Waals surface area contributed by atoms with Crippen LogP contribution in [0.1, 0.15) is 29.4 Å². The number of halogens is 1. The highest BCUT2D eigenvalue weighted by molar-refractivity contribution is 6.30. The molecule has 0 N–H and O–H groups in total. The molecule has 0 atom stereocenters. The van der Waals surface area contributed by atoms with Crippen molar-refractivity contribution < 1.29 is 18.7 Å². The lowest BCUT2D eigenvalue weighted by Gasteiger charge is -2.18. The van der Waals surface area contributed by atoms with Crippen LogP contribution in [0, 0.1) is 6.92 Å². The van der Waals surface area contributed by atoms with Crippen molar-refractivity contribution in [3.05, 3.63) is 76.0 Å². The Kier molecular flexibility index (Phi) is 7.18. The fourth-order valence-corrected chi connectivity index (χ4v) is 4.30. The highest BCUT2D eigenvalue weighted by Crippen LogP contribution is 2.29. The first-order valence-electron chi connectivity index (χ1n) is 11.0. The maximum atomic E-state index is 11.5. The third kappa shape index (κ3) is 5.53. The molecule has 0 unspecified atom stereocenters. The number of aryl methyl sites for hydroxylation is 1. The van der Waals surface area contributed by atoms with Crippen molar-refractivity contribution >= 4 is 17.6 Å². The van der Waals surface area contributed by atoms with Gasteiger partial charge in [0.05, 0.1) is 13.2 Å². The first-order valence-corrected chi connectivity index (χ1v) is 11.4. The third-order valence-electron chi connectivity index (χ3n) is 5.73. The van der Waals surface area contributed by atoms with E-state index in [4.69, 9.17) is 25.5 Å². The summed E-state index contributed by atoms with van der Waals surface area (Å²) in [6.45, 7) is 6.79. The number of hydrogen-bond acceptors (Lipinski definition) is 5. The Morgan fingerprint density at radius 1 is 1.06 bits per heavy atom. The van der Waals surface area contributed by atoms with Gasteiger partial charge in [-0.1, -0.05) is 17.7 Å². The molecular weight excluding hydrogens is 426 g/mol. The lowest BCUT2D eigenvalue weighted by molar-refractivity contribution is -0.145. The number of esters is 1. The molecule has 0 bridgehead atoms. The molecule has 2 heterocycles. The molecule has 0 radical (unpaired) electrons. The maximum Gasteiger partial charge on any atom is 0.344 e. The van der Waals surface area contributed by atoms with Gasteiger partial charge in [0.2, 0.25) is 0 Å². The number of furan rings is 1. The van der Waals surface area contributed by atoms with Gasteiger partial charge in [0, 0.05) is 23.7 Å². The van der Waals surface area contributed by atoms with Gasteiger partial charge in [-0.3, -0.25) is 4.90 Å². The van der Waals surface area contributed by atoms with Crippen molar-refractivity contribution in [3.8, 4) is 17.1 Å². The summed E-state index contributed by atoms with van der Waals surface area (Å²) < 4.78 is 16.7. The van der Waals surface area contributed by atoms with E-state index in [1.807, 2.05) is 43.3 Å². The Balaban J connectivity index is 1.37. The molecule has 5 nitrogen and oxygen atoms in total. The number of benzene rings is 2. The minimum Gasteiger partial charge on any atom is -0.482 e. The Hall–Kier alpha value is -2.76. The molecular formula is C26H28ClNO4. The number of carbonyl (C=O) groups excluding carboxylic acids is 1. The average molecular weight is 454 g/mol. The summed E-state index contributed by atoms with van der Waals surface area (Å²) in [7, 11) is 0. The van der Waals surface area contributed by atoms with Crippen LogP contribution in [0.5, 0.6) is 5.75 Å². The van der Waals surface area contributed by atoms with Gasteiger partial charge in [0.25, 0.3) is 0 Å². The summed E-state index contributed by atoms with van der Waals surface area (Å²) in [6, 6.07) is 16.0. The van der Waals surface area contributed by atoms with E-state index in [0.717, 1.165) is 60.1 Å². The van der Waals surface area contributed by atoms with E-state index in [2.05, 4.69) is 17.0 Å². The number of ether oxygens (including phenoxy) is 2. The van der Waals surface area contributed by atoms with Gasteiger partial charge >= 0.3 is 5.97 Å². The maximum absolute atomic E-state index is 11.5. The van der Waals surface area contributed by atoms with E-state index >= 15 is 0 Å². The summed E-state index contributed by atoms with van der Waals surface area (Å²) in [5, 5.41) is 0.733. The summed E-state index contributed by atoms with van der Waals surface area (Å²) in [5.74, 6) is 2.19. The zero-order chi connectivity index (χ0) is 22.5. The number of rotatable bonds is 7. The zero-order valence-corrected chi connectivity index (χ0v) is 19.3. The van der Waals surface area contributed by atoms with Gasteiger partial charge in [0.1, 0.15) is 17.3 Å². The quantitative estimate of drug-likeness (QED) is 0.445. The normalized spacial score (nSPS) is 14.0. The molecule has 1 aromatic heterocycles. The minimum atomic E-state index is -0.347. The van der Waals surface area contributed by atoms with Crippen molar-refractivity contribution in [1.29, 1.82) is 0 Å². The summed E-state index contributed by atoms with van der Waals surface area (Å²) in [4.78, 5) is 13.9. The Morgan fingerprint density at radius 2 is 1.88 bits per heavy atom. The molecule has 4 rings (SSSR count). The van der Waals surface area contributed by atoms with Crippen LogP contribution in [0.4, 0.5) is 0 Å². The summed E-state index contributed by atoms with van der Waals surface area (Å²) in [5.41, 5.74) is 4.77. The molecule has 0 fully saturated rings. The second-order valence-electron chi connectivity index (χ2n) is 8.03. The lowest BCUT2D eigenvalue weighted by atomic mass is 10.0. The van der Waals surface area contributed by atoms with Crippen LogP contribution in [0.25, 0.3) is 11.3 Å². The van der Waals surface area contributed by atoms with Crippen LogP contribution in [0.3, 0.4) is 0 Å². The van der Waals surface area contributed by atoms with Crippen molar-refractivity contribution in [2.45, 2.75) is 33.2 Å². The van der Waals surface area contributed by atoms with Crippen LogP contribution in [0.15, 0.2) is 52.9 Å². The fraction of sp³-hybridized carbons (Fsp3) is 0.346. The van der Waals surface area contributed by atoms with Crippen LogP contribution in [-0.4, -0.2) is 37.2 Å². The standard InChI is InChI=1S/C26H28ClNO4/c1-3-30-26(29)17-31-22-6-4-19-10-12-28(13-11-20(19)15-22)16-23-7-9-25(32-23)24-8-5-21(27)14-18(24)2/h4-9,14-15H,3,10-13,16-17H2,1-2H3. The Bertz CT molecular complexity index is 1090. The molecule has 32 heavy (non-hydrogen) atoms. The van der Waals surface area contributed by atoms with Gasteiger partial charge in [-0.25, -0.2) is 4.79 Å². The van der Waals surface area contributed by atoms with E-state index in [-0.39, 0.29) is 12.6 Å². The molecule has 3 aromatic rings. The first kappa shape index (κ1) is 22.4. The predicted molar refractivity (Wildman–Crippen MR) is 125 cm³/mol. The van der Waals surface area contributed by atoms with Gasteiger partial charge in [-0.2, -0.15) is 0 Å². The molecule has 0 amide bonds. The Labute approximate surface area is 193 Å². The van der Waals surface area contributed by atoms with E-state index in [1.54, 1.807) is 6.92 Å². The van der Waals surface area contributed by atoms with Gasteiger partial charge in [0.15, 0.2) is 6.61 Å². The highest BCUT2D eigenvalue weighted by atomic mass is 35.5. The summed E-state index contributed by atoms with van der Waals surface area (Å²) >= 11 is 6.08. The van der Waals surface area contributed by atoms with Crippen LogP contribution in [-0.2, 0) is 28.9 Å². The second-order valence-corrected chi connectivity index (χ2v) is 8.46. The smallest absolute Gasteiger partial charge is 0.344 e. The Morgan fingerprint density at radius 3 is 2.66 bits per heavy atom. The topological polar surface area (TPSA) is 51.9 Å². The molecule has 0 saturated heterocycles. The summed E-state index contributed by atoms with van der Waals surface area (Å²) in [6.07, 6.45) is 1.90.